The highest BCUT2D eigenvalue weighted by Crippen LogP contribution is 2.57. The summed E-state index contributed by atoms with van der Waals surface area (Å²) in [7, 11) is 0. The van der Waals surface area contributed by atoms with Crippen LogP contribution in [0, 0.1) is 0 Å². The van der Waals surface area contributed by atoms with Gasteiger partial charge in [-0.05, 0) is 133 Å². The van der Waals surface area contributed by atoms with Crippen molar-refractivity contribution in [1.29, 1.82) is 0 Å². The van der Waals surface area contributed by atoms with E-state index in [9.17, 15) is 0 Å². The van der Waals surface area contributed by atoms with E-state index in [0.717, 1.165) is 28.2 Å². The van der Waals surface area contributed by atoms with Crippen molar-refractivity contribution in [3.63, 3.8) is 0 Å². The predicted octanol–water partition coefficient (Wildman–Crippen LogP) is 18.6. The Labute approximate surface area is 407 Å². The van der Waals surface area contributed by atoms with Crippen molar-refractivity contribution in [2.24, 2.45) is 0 Å². The summed E-state index contributed by atoms with van der Waals surface area (Å²) in [6, 6.07) is 100. The first kappa shape index (κ1) is 40.7. The molecule has 0 spiro atoms. The molecule has 0 amide bonds. The highest BCUT2D eigenvalue weighted by molar-refractivity contribution is 7.25. The van der Waals surface area contributed by atoms with Crippen molar-refractivity contribution in [3.05, 3.63) is 295 Å². The Bertz CT molecular complexity index is 3780. The first-order valence-electron chi connectivity index (χ1n) is 23.7. The van der Waals surface area contributed by atoms with Crippen LogP contribution in [-0.2, 0) is 5.41 Å². The van der Waals surface area contributed by atoms with Crippen molar-refractivity contribution >= 4 is 48.6 Å². The van der Waals surface area contributed by atoms with E-state index in [-0.39, 0.29) is 0 Å². The summed E-state index contributed by atoms with van der Waals surface area (Å²) in [5, 5.41) is 2.63. The molecule has 0 fully saturated rings. The molecule has 12 aromatic rings. The monoisotopic (exact) mass is 895 g/mol. The SMILES string of the molecule is c1ccc(-c2ccc(N(c3ccc(-c4ccc5sc6ccccc6c5c4)cc3)c3ccccc3-c3cccc(-c4ccc5c(c4)-c4ccccc4C5(c4ccccc4)c4ccccc4)c3)cc2)cc1. The molecule has 69 heavy (non-hydrogen) atoms. The first-order valence-corrected chi connectivity index (χ1v) is 24.5. The second-order valence-electron chi connectivity index (χ2n) is 18.0. The molecule has 1 aromatic heterocycles. The molecule has 0 bridgehead atoms. The minimum absolute atomic E-state index is 0.429. The molecule has 1 aliphatic carbocycles. The molecule has 0 unspecified atom stereocenters. The van der Waals surface area contributed by atoms with Gasteiger partial charge in [0.1, 0.15) is 0 Å². The van der Waals surface area contributed by atoms with Gasteiger partial charge in [-0.25, -0.2) is 0 Å². The van der Waals surface area contributed by atoms with Crippen molar-refractivity contribution in [3.8, 4) is 55.6 Å². The summed E-state index contributed by atoms with van der Waals surface area (Å²) in [5.74, 6) is 0. The Hall–Kier alpha value is -8.56. The van der Waals surface area contributed by atoms with Crippen LogP contribution in [0.1, 0.15) is 22.3 Å². The van der Waals surface area contributed by atoms with Gasteiger partial charge in [-0.15, -0.1) is 11.3 Å². The van der Waals surface area contributed by atoms with Crippen LogP contribution in [0.25, 0.3) is 75.8 Å². The van der Waals surface area contributed by atoms with Crippen LogP contribution in [-0.4, -0.2) is 0 Å². The van der Waals surface area contributed by atoms with Crippen LogP contribution >= 0.6 is 11.3 Å². The van der Waals surface area contributed by atoms with Crippen LogP contribution in [0.5, 0.6) is 0 Å². The quantitative estimate of drug-likeness (QED) is 0.140. The number of nitrogens with zero attached hydrogens (tertiary/aromatic N) is 1. The van der Waals surface area contributed by atoms with Crippen molar-refractivity contribution in [1.82, 2.24) is 0 Å². The maximum absolute atomic E-state index is 2.42. The van der Waals surface area contributed by atoms with Gasteiger partial charge in [-0.3, -0.25) is 0 Å². The zero-order valence-corrected chi connectivity index (χ0v) is 38.7. The molecule has 2 heteroatoms. The van der Waals surface area contributed by atoms with E-state index in [2.05, 4.69) is 278 Å². The number of hydrogen-bond acceptors (Lipinski definition) is 2. The minimum atomic E-state index is -0.429. The Balaban J connectivity index is 0.913. The average Bonchev–Trinajstić information content (AvgIpc) is 3.95. The van der Waals surface area contributed by atoms with Crippen LogP contribution in [0.4, 0.5) is 17.1 Å². The Morgan fingerprint density at radius 1 is 0.275 bits per heavy atom. The summed E-state index contributed by atoms with van der Waals surface area (Å²) in [4.78, 5) is 2.41. The Morgan fingerprint density at radius 2 is 0.754 bits per heavy atom. The molecule has 11 aromatic carbocycles. The summed E-state index contributed by atoms with van der Waals surface area (Å²) < 4.78 is 2.64. The van der Waals surface area contributed by atoms with E-state index in [1.807, 2.05) is 11.3 Å². The third kappa shape index (κ3) is 6.91. The zero-order chi connectivity index (χ0) is 45.7. The van der Waals surface area contributed by atoms with Crippen molar-refractivity contribution < 1.29 is 0 Å². The Morgan fingerprint density at radius 3 is 1.48 bits per heavy atom. The maximum atomic E-state index is 2.42. The minimum Gasteiger partial charge on any atom is -0.310 e. The van der Waals surface area contributed by atoms with E-state index in [1.165, 1.54) is 86.9 Å². The number of anilines is 3. The molecule has 0 N–H and O–H groups in total. The van der Waals surface area contributed by atoms with E-state index >= 15 is 0 Å². The van der Waals surface area contributed by atoms with Gasteiger partial charge in [0, 0.05) is 37.1 Å². The molecule has 0 atom stereocenters. The number of fused-ring (bicyclic) bond motifs is 6. The average molecular weight is 896 g/mol. The second-order valence-corrected chi connectivity index (χ2v) is 19.1. The van der Waals surface area contributed by atoms with E-state index in [1.54, 1.807) is 0 Å². The largest absolute Gasteiger partial charge is 0.310 e. The highest BCUT2D eigenvalue weighted by Gasteiger charge is 2.46. The smallest absolute Gasteiger partial charge is 0.0713 e. The molecule has 0 saturated heterocycles. The van der Waals surface area contributed by atoms with Crippen LogP contribution in [0.15, 0.2) is 273 Å². The molecular weight excluding hydrogens is 851 g/mol. The van der Waals surface area contributed by atoms with Crippen molar-refractivity contribution in [2.45, 2.75) is 5.41 Å². The Kier molecular flexibility index (Phi) is 10.00. The van der Waals surface area contributed by atoms with Gasteiger partial charge in [-0.2, -0.15) is 0 Å². The molecule has 324 valence electrons. The molecule has 13 rings (SSSR count). The van der Waals surface area contributed by atoms with Gasteiger partial charge in [0.05, 0.1) is 11.1 Å². The molecule has 0 aliphatic heterocycles. The number of rotatable bonds is 9. The predicted molar refractivity (Wildman–Crippen MR) is 293 cm³/mol. The molecular formula is C67H45NS. The fourth-order valence-electron chi connectivity index (χ4n) is 11.0. The summed E-state index contributed by atoms with van der Waals surface area (Å²) in [6.07, 6.45) is 0. The summed E-state index contributed by atoms with van der Waals surface area (Å²) in [6.45, 7) is 0. The maximum Gasteiger partial charge on any atom is 0.0713 e. The normalized spacial score (nSPS) is 12.5. The fourth-order valence-corrected chi connectivity index (χ4v) is 12.1. The molecule has 1 aliphatic rings. The number of thiophene rings is 1. The van der Waals surface area contributed by atoms with Gasteiger partial charge >= 0.3 is 0 Å². The lowest BCUT2D eigenvalue weighted by atomic mass is 9.67. The number of hydrogen-bond donors (Lipinski definition) is 0. The lowest BCUT2D eigenvalue weighted by Gasteiger charge is -2.33. The van der Waals surface area contributed by atoms with E-state index in [4.69, 9.17) is 0 Å². The zero-order valence-electron chi connectivity index (χ0n) is 37.8. The second kappa shape index (κ2) is 16.9. The number of para-hydroxylation sites is 1. The molecule has 0 saturated carbocycles. The summed E-state index contributed by atoms with van der Waals surface area (Å²) >= 11 is 1.86. The third-order valence-corrected chi connectivity index (χ3v) is 15.3. The third-order valence-electron chi connectivity index (χ3n) is 14.2. The van der Waals surface area contributed by atoms with Gasteiger partial charge in [-0.1, -0.05) is 212 Å². The molecule has 0 radical (unpaired) electrons. The topological polar surface area (TPSA) is 3.24 Å². The standard InChI is InChI=1S/C67H45NS/c1-4-17-46(18-5-1)47-31-37-55(38-32-47)68(56-39-33-48(34-40-56)50-36-42-66-61(45-50)59-27-12-15-30-65(59)69-66)64-29-14-11-25-57(64)52-20-16-19-49(43-52)51-35-41-63-60(44-51)58-26-10-13-28-62(58)67(63,53-21-6-2-7-22-53)54-23-8-3-9-24-54/h1-45H. The van der Waals surface area contributed by atoms with Gasteiger partial charge in [0.25, 0.3) is 0 Å². The van der Waals surface area contributed by atoms with E-state index < -0.39 is 5.41 Å². The van der Waals surface area contributed by atoms with Gasteiger partial charge in [0.15, 0.2) is 0 Å². The van der Waals surface area contributed by atoms with Gasteiger partial charge in [0.2, 0.25) is 0 Å². The van der Waals surface area contributed by atoms with Gasteiger partial charge < -0.3 is 4.90 Å². The lowest BCUT2D eigenvalue weighted by molar-refractivity contribution is 0.768. The molecule has 1 heterocycles. The molecule has 1 nitrogen and oxygen atoms in total. The van der Waals surface area contributed by atoms with E-state index in [0.29, 0.717) is 0 Å². The fraction of sp³-hybridized carbons (Fsp3) is 0.0149. The summed E-state index contributed by atoms with van der Waals surface area (Å²) in [5.41, 5.74) is 20.1. The lowest BCUT2D eigenvalue weighted by Crippen LogP contribution is -2.28. The van der Waals surface area contributed by atoms with Crippen molar-refractivity contribution in [2.75, 3.05) is 4.90 Å². The highest BCUT2D eigenvalue weighted by atomic mass is 32.1. The number of benzene rings is 11. The van der Waals surface area contributed by atoms with Crippen LogP contribution in [0.2, 0.25) is 0 Å². The first-order chi connectivity index (χ1) is 34.2. The van der Waals surface area contributed by atoms with Crippen LogP contribution in [0.3, 0.4) is 0 Å². The van der Waals surface area contributed by atoms with Crippen LogP contribution < -0.4 is 4.90 Å².